The lowest BCUT2D eigenvalue weighted by Gasteiger charge is -2.15. The fraction of sp³-hybridized carbons (Fsp3) is 0.188. The summed E-state index contributed by atoms with van der Waals surface area (Å²) in [5, 5.41) is 11.7. The van der Waals surface area contributed by atoms with E-state index in [-0.39, 0.29) is 38.1 Å². The van der Waals surface area contributed by atoms with Crippen molar-refractivity contribution in [1.29, 1.82) is 0 Å². The Labute approximate surface area is 168 Å². The van der Waals surface area contributed by atoms with Crippen LogP contribution in [0.25, 0.3) is 0 Å². The van der Waals surface area contributed by atoms with Crippen LogP contribution in [0.4, 0.5) is 5.69 Å². The summed E-state index contributed by atoms with van der Waals surface area (Å²) in [6, 6.07) is 3.71. The smallest absolute Gasteiger partial charge is 0.350 e. The summed E-state index contributed by atoms with van der Waals surface area (Å²) in [6.45, 7) is 0. The molecule has 0 saturated carbocycles. The second-order valence-electron chi connectivity index (χ2n) is 4.89. The second kappa shape index (κ2) is 8.51. The van der Waals surface area contributed by atoms with Crippen molar-refractivity contribution >= 4 is 46.5 Å². The molecule has 0 radical (unpaired) electrons. The molecule has 0 atom stereocenters. The van der Waals surface area contributed by atoms with Crippen LogP contribution >= 0.6 is 34.8 Å². The van der Waals surface area contributed by atoms with Crippen LogP contribution in [0.2, 0.25) is 15.1 Å². The lowest BCUT2D eigenvalue weighted by molar-refractivity contribution is -0.386. The number of carbonyl (C=O) groups is 1. The first kappa shape index (κ1) is 20.9. The zero-order chi connectivity index (χ0) is 20.3. The fourth-order valence-corrected chi connectivity index (χ4v) is 3.15. The molecule has 0 fully saturated rings. The van der Waals surface area contributed by atoms with Gasteiger partial charge in [0.15, 0.2) is 11.5 Å². The van der Waals surface area contributed by atoms with Crippen LogP contribution < -0.4 is 18.9 Å². The van der Waals surface area contributed by atoms with Crippen LogP contribution in [-0.4, -0.2) is 32.2 Å². The zero-order valence-electron chi connectivity index (χ0n) is 14.2. The van der Waals surface area contributed by atoms with Crippen LogP contribution in [0.1, 0.15) is 10.4 Å². The summed E-state index contributed by atoms with van der Waals surface area (Å²) in [4.78, 5) is 23.4. The Morgan fingerprint density at radius 1 is 0.926 bits per heavy atom. The van der Waals surface area contributed by atoms with Gasteiger partial charge in [0.1, 0.15) is 5.56 Å². The van der Waals surface area contributed by atoms with Crippen LogP contribution in [0.15, 0.2) is 18.2 Å². The molecule has 0 spiro atoms. The van der Waals surface area contributed by atoms with Crippen molar-refractivity contribution in [3.63, 3.8) is 0 Å². The van der Waals surface area contributed by atoms with E-state index in [9.17, 15) is 14.9 Å². The highest BCUT2D eigenvalue weighted by atomic mass is 35.5. The maximum absolute atomic E-state index is 12.6. The molecule has 0 bridgehead atoms. The molecular weight excluding hydrogens is 425 g/mol. The number of benzene rings is 2. The molecular formula is C16H12Cl3NO7. The van der Waals surface area contributed by atoms with E-state index in [0.29, 0.717) is 0 Å². The number of nitro groups is 1. The maximum Gasteiger partial charge on any atom is 0.350 e. The number of nitrogens with zero attached hydrogens (tertiary/aromatic N) is 1. The number of ether oxygens (including phenoxy) is 4. The van der Waals surface area contributed by atoms with Crippen LogP contribution in [0, 0.1) is 10.1 Å². The average Bonchev–Trinajstić information content (AvgIpc) is 2.62. The van der Waals surface area contributed by atoms with Crippen molar-refractivity contribution in [2.75, 3.05) is 21.3 Å². The molecule has 11 heteroatoms. The predicted octanol–water partition coefficient (Wildman–Crippen LogP) is 4.80. The maximum atomic E-state index is 12.6. The van der Waals surface area contributed by atoms with Crippen LogP contribution in [0.3, 0.4) is 0 Å². The number of rotatable bonds is 6. The summed E-state index contributed by atoms with van der Waals surface area (Å²) in [5.74, 6) is -1.63. The van der Waals surface area contributed by atoms with E-state index < -0.39 is 22.1 Å². The minimum atomic E-state index is -1.10. The predicted molar refractivity (Wildman–Crippen MR) is 99.2 cm³/mol. The molecule has 2 aromatic carbocycles. The van der Waals surface area contributed by atoms with E-state index in [1.807, 2.05) is 0 Å². The zero-order valence-corrected chi connectivity index (χ0v) is 16.4. The number of esters is 1. The number of methoxy groups -OCH3 is 3. The van der Waals surface area contributed by atoms with Gasteiger partial charge in [-0.25, -0.2) is 4.79 Å². The third-order valence-corrected chi connectivity index (χ3v) is 4.14. The van der Waals surface area contributed by atoms with Crippen molar-refractivity contribution in [2.45, 2.75) is 0 Å². The number of halogens is 3. The third-order valence-electron chi connectivity index (χ3n) is 3.36. The third kappa shape index (κ3) is 4.13. The van der Waals surface area contributed by atoms with Crippen LogP contribution in [-0.2, 0) is 0 Å². The van der Waals surface area contributed by atoms with Crippen LogP contribution in [0.5, 0.6) is 23.0 Å². The fourth-order valence-electron chi connectivity index (χ4n) is 2.25. The SMILES string of the molecule is COc1cc(C(=O)Oc2c(Cl)cc(Cl)cc2Cl)c([N+](=O)[O-])c(OC)c1OC. The highest BCUT2D eigenvalue weighted by Crippen LogP contribution is 2.47. The van der Waals surface area contributed by atoms with Crippen molar-refractivity contribution in [3.05, 3.63) is 48.9 Å². The standard InChI is InChI=1S/C16H12Cl3NO7/c1-24-11-6-8(12(20(22)23)15(26-3)14(11)25-2)16(21)27-13-9(18)4-7(17)5-10(13)19/h4-6H,1-3H3. The molecule has 2 rings (SSSR count). The van der Waals surface area contributed by atoms with Gasteiger partial charge in [0.05, 0.1) is 36.3 Å². The summed E-state index contributed by atoms with van der Waals surface area (Å²) < 4.78 is 20.4. The van der Waals surface area contributed by atoms with E-state index >= 15 is 0 Å². The molecule has 0 aromatic heterocycles. The summed E-state index contributed by atoms with van der Waals surface area (Å²) in [7, 11) is 3.76. The molecule has 0 N–H and O–H groups in total. The average molecular weight is 437 g/mol. The molecule has 27 heavy (non-hydrogen) atoms. The first-order valence-corrected chi connectivity index (χ1v) is 8.22. The molecule has 0 unspecified atom stereocenters. The van der Waals surface area contributed by atoms with E-state index in [0.717, 1.165) is 6.07 Å². The summed E-state index contributed by atoms with van der Waals surface area (Å²) in [6.07, 6.45) is 0. The molecule has 8 nitrogen and oxygen atoms in total. The van der Waals surface area contributed by atoms with Gasteiger partial charge in [-0.05, 0) is 12.1 Å². The Bertz CT molecular complexity index is 894. The van der Waals surface area contributed by atoms with Gasteiger partial charge in [-0.3, -0.25) is 10.1 Å². The number of nitro benzene ring substituents is 1. The number of hydrogen-bond acceptors (Lipinski definition) is 7. The summed E-state index contributed by atoms with van der Waals surface area (Å²) >= 11 is 17.8. The number of carbonyl (C=O) groups excluding carboxylic acids is 1. The van der Waals surface area contributed by atoms with Gasteiger partial charge in [-0.15, -0.1) is 0 Å². The molecule has 0 saturated heterocycles. The van der Waals surface area contributed by atoms with Gasteiger partial charge in [0.2, 0.25) is 11.5 Å². The van der Waals surface area contributed by atoms with E-state index in [2.05, 4.69) is 0 Å². The van der Waals surface area contributed by atoms with Crippen molar-refractivity contribution < 1.29 is 28.7 Å². The van der Waals surface area contributed by atoms with Crippen molar-refractivity contribution in [3.8, 4) is 23.0 Å². The minimum Gasteiger partial charge on any atom is -0.493 e. The highest BCUT2D eigenvalue weighted by Gasteiger charge is 2.34. The van der Waals surface area contributed by atoms with Gasteiger partial charge >= 0.3 is 11.7 Å². The van der Waals surface area contributed by atoms with Gasteiger partial charge in [-0.1, -0.05) is 34.8 Å². The number of hydrogen-bond donors (Lipinski definition) is 0. The van der Waals surface area contributed by atoms with Gasteiger partial charge in [-0.2, -0.15) is 0 Å². The van der Waals surface area contributed by atoms with E-state index in [1.165, 1.54) is 33.5 Å². The van der Waals surface area contributed by atoms with Gasteiger partial charge in [0, 0.05) is 11.1 Å². The highest BCUT2D eigenvalue weighted by molar-refractivity contribution is 6.40. The molecule has 0 aliphatic heterocycles. The largest absolute Gasteiger partial charge is 0.493 e. The molecule has 0 amide bonds. The lowest BCUT2D eigenvalue weighted by Crippen LogP contribution is -2.13. The van der Waals surface area contributed by atoms with Gasteiger partial charge in [0.25, 0.3) is 0 Å². The first-order chi connectivity index (χ1) is 12.7. The monoisotopic (exact) mass is 435 g/mol. The Morgan fingerprint density at radius 3 is 1.93 bits per heavy atom. The van der Waals surface area contributed by atoms with E-state index in [1.54, 1.807) is 0 Å². The van der Waals surface area contributed by atoms with E-state index in [4.69, 9.17) is 53.8 Å². The Kier molecular flexibility index (Phi) is 6.59. The minimum absolute atomic E-state index is 0.0280. The molecule has 144 valence electrons. The summed E-state index contributed by atoms with van der Waals surface area (Å²) in [5.41, 5.74) is -1.11. The molecule has 0 aliphatic carbocycles. The Balaban J connectivity index is 2.63. The molecule has 2 aromatic rings. The normalized spacial score (nSPS) is 10.3. The molecule has 0 heterocycles. The quantitative estimate of drug-likeness (QED) is 0.278. The Hall–Kier alpha value is -2.42. The first-order valence-electron chi connectivity index (χ1n) is 7.09. The Morgan fingerprint density at radius 2 is 1.48 bits per heavy atom. The van der Waals surface area contributed by atoms with Crippen molar-refractivity contribution in [2.24, 2.45) is 0 Å². The second-order valence-corrected chi connectivity index (χ2v) is 6.14. The molecule has 0 aliphatic rings. The van der Waals surface area contributed by atoms with Gasteiger partial charge < -0.3 is 18.9 Å². The topological polar surface area (TPSA) is 97.1 Å². The lowest BCUT2D eigenvalue weighted by atomic mass is 10.1. The van der Waals surface area contributed by atoms with Crippen molar-refractivity contribution in [1.82, 2.24) is 0 Å².